The van der Waals surface area contributed by atoms with Gasteiger partial charge in [0.2, 0.25) is 0 Å². The highest BCUT2D eigenvalue weighted by atomic mass is 19.1. The van der Waals surface area contributed by atoms with E-state index in [9.17, 15) is 4.39 Å². The van der Waals surface area contributed by atoms with Gasteiger partial charge in [-0.2, -0.15) is 0 Å². The Morgan fingerprint density at radius 1 is 0.852 bits per heavy atom. The Labute approximate surface area is 165 Å². The molecule has 150 valence electrons. The lowest BCUT2D eigenvalue weighted by Gasteiger charge is -2.45. The molecular weight excluding hydrogens is 335 g/mol. The first-order valence-corrected chi connectivity index (χ1v) is 11.5. The number of aryl methyl sites for hydroxylation is 1. The molecule has 0 spiro atoms. The number of ether oxygens (including phenoxy) is 1. The van der Waals surface area contributed by atoms with Crippen LogP contribution < -0.4 is 0 Å². The molecule has 1 aromatic rings. The minimum Gasteiger partial charge on any atom is -0.378 e. The molecule has 0 radical (unpaired) electrons. The summed E-state index contributed by atoms with van der Waals surface area (Å²) >= 11 is 0. The van der Waals surface area contributed by atoms with Crippen molar-refractivity contribution in [2.45, 2.75) is 90.1 Å². The summed E-state index contributed by atoms with van der Waals surface area (Å²) in [5.74, 6) is 4.31. The van der Waals surface area contributed by atoms with Crippen LogP contribution >= 0.6 is 0 Å². The van der Waals surface area contributed by atoms with Gasteiger partial charge in [-0.05, 0) is 125 Å². The highest BCUT2D eigenvalue weighted by molar-refractivity contribution is 5.26. The first-order valence-electron chi connectivity index (χ1n) is 11.5. The van der Waals surface area contributed by atoms with Gasteiger partial charge in [0.25, 0.3) is 0 Å². The van der Waals surface area contributed by atoms with Crippen molar-refractivity contribution in [1.29, 1.82) is 0 Å². The number of fused-ring (bicyclic) bond motifs is 1. The summed E-state index contributed by atoms with van der Waals surface area (Å²) in [5.41, 5.74) is 2.00. The fourth-order valence-corrected chi connectivity index (χ4v) is 6.48. The number of hydrogen-bond donors (Lipinski definition) is 0. The van der Waals surface area contributed by atoms with Gasteiger partial charge in [-0.1, -0.05) is 12.1 Å². The third kappa shape index (κ3) is 4.42. The quantitative estimate of drug-likeness (QED) is 0.551. The monoisotopic (exact) mass is 372 g/mol. The van der Waals surface area contributed by atoms with Gasteiger partial charge in [0.1, 0.15) is 5.82 Å². The molecule has 3 fully saturated rings. The molecule has 0 N–H and O–H groups in total. The number of benzene rings is 1. The summed E-state index contributed by atoms with van der Waals surface area (Å²) in [6.45, 7) is 4.86. The van der Waals surface area contributed by atoms with Crippen molar-refractivity contribution in [2.75, 3.05) is 6.61 Å². The molecule has 0 aromatic heterocycles. The van der Waals surface area contributed by atoms with Gasteiger partial charge in [-0.25, -0.2) is 4.39 Å². The molecule has 0 heterocycles. The van der Waals surface area contributed by atoms with Crippen LogP contribution in [0.25, 0.3) is 0 Å². The lowest BCUT2D eigenvalue weighted by Crippen LogP contribution is -2.36. The predicted octanol–water partition coefficient (Wildman–Crippen LogP) is 7.03. The average molecular weight is 373 g/mol. The Morgan fingerprint density at radius 2 is 1.48 bits per heavy atom. The molecule has 27 heavy (non-hydrogen) atoms. The van der Waals surface area contributed by atoms with E-state index in [2.05, 4.69) is 13.0 Å². The first kappa shape index (κ1) is 19.4. The molecule has 3 saturated carbocycles. The standard InChI is InChI=1S/C25H37FO/c1-3-27-24-13-12-21-14-20(10-11-22(21)15-24)18-6-8-19(9-7-18)23-5-4-17(2)25(26)16-23/h4-5,16,18-22,24H,3,6-15H2,1-2H3. The molecule has 0 bridgehead atoms. The van der Waals surface area contributed by atoms with E-state index in [0.29, 0.717) is 12.0 Å². The number of rotatable bonds is 4. The van der Waals surface area contributed by atoms with Crippen LogP contribution in [0.1, 0.15) is 88.2 Å². The molecule has 0 amide bonds. The molecule has 4 unspecified atom stereocenters. The minimum absolute atomic E-state index is 0.0319. The van der Waals surface area contributed by atoms with Gasteiger partial charge in [0.15, 0.2) is 0 Å². The maximum Gasteiger partial charge on any atom is 0.126 e. The smallest absolute Gasteiger partial charge is 0.126 e. The van der Waals surface area contributed by atoms with Gasteiger partial charge < -0.3 is 4.74 Å². The van der Waals surface area contributed by atoms with Crippen molar-refractivity contribution < 1.29 is 9.13 Å². The molecule has 0 saturated heterocycles. The fraction of sp³-hybridized carbons (Fsp3) is 0.760. The maximum absolute atomic E-state index is 13.9. The molecule has 3 aliphatic carbocycles. The van der Waals surface area contributed by atoms with Crippen molar-refractivity contribution in [3.63, 3.8) is 0 Å². The van der Waals surface area contributed by atoms with Gasteiger partial charge in [-0.3, -0.25) is 0 Å². The predicted molar refractivity (Wildman–Crippen MR) is 109 cm³/mol. The van der Waals surface area contributed by atoms with Crippen LogP contribution in [0.15, 0.2) is 18.2 Å². The molecule has 4 atom stereocenters. The normalized spacial score (nSPS) is 37.0. The van der Waals surface area contributed by atoms with Crippen molar-refractivity contribution in [1.82, 2.24) is 0 Å². The van der Waals surface area contributed by atoms with Gasteiger partial charge in [0.05, 0.1) is 6.10 Å². The minimum atomic E-state index is -0.0319. The van der Waals surface area contributed by atoms with E-state index in [0.717, 1.165) is 35.8 Å². The van der Waals surface area contributed by atoms with Crippen LogP contribution in [0.2, 0.25) is 0 Å². The lowest BCUT2D eigenvalue weighted by atomic mass is 9.62. The largest absolute Gasteiger partial charge is 0.378 e. The van der Waals surface area contributed by atoms with Gasteiger partial charge in [-0.15, -0.1) is 0 Å². The molecular formula is C25H37FO. The van der Waals surface area contributed by atoms with Gasteiger partial charge >= 0.3 is 0 Å². The van der Waals surface area contributed by atoms with E-state index in [1.54, 1.807) is 6.07 Å². The average Bonchev–Trinajstić information content (AvgIpc) is 2.70. The fourth-order valence-electron chi connectivity index (χ4n) is 6.48. The molecule has 0 aliphatic heterocycles. The maximum atomic E-state index is 13.9. The Hall–Kier alpha value is -0.890. The van der Waals surface area contributed by atoms with Crippen molar-refractivity contribution in [3.05, 3.63) is 35.1 Å². The summed E-state index contributed by atoms with van der Waals surface area (Å²) in [6, 6.07) is 5.91. The van der Waals surface area contributed by atoms with Crippen LogP contribution in [0.5, 0.6) is 0 Å². The second-order valence-corrected chi connectivity index (χ2v) is 9.60. The van der Waals surface area contributed by atoms with Crippen LogP contribution in [0.3, 0.4) is 0 Å². The Kier molecular flexibility index (Phi) is 6.21. The van der Waals surface area contributed by atoms with Crippen molar-refractivity contribution in [2.24, 2.45) is 23.7 Å². The van der Waals surface area contributed by atoms with Crippen molar-refractivity contribution in [3.8, 4) is 0 Å². The summed E-state index contributed by atoms with van der Waals surface area (Å²) in [6.07, 6.45) is 14.1. The number of hydrogen-bond acceptors (Lipinski definition) is 1. The molecule has 1 nitrogen and oxygen atoms in total. The lowest BCUT2D eigenvalue weighted by molar-refractivity contribution is -0.0205. The second kappa shape index (κ2) is 8.64. The van der Waals surface area contributed by atoms with E-state index in [1.807, 2.05) is 13.0 Å². The SMILES string of the molecule is CCOC1CCC2CC(C3CCC(c4ccc(C)c(F)c4)CC3)CCC2C1. The summed E-state index contributed by atoms with van der Waals surface area (Å²) < 4.78 is 19.8. The second-order valence-electron chi connectivity index (χ2n) is 9.60. The van der Waals surface area contributed by atoms with Crippen LogP contribution in [-0.4, -0.2) is 12.7 Å². The van der Waals surface area contributed by atoms with Crippen molar-refractivity contribution >= 4 is 0 Å². The zero-order valence-corrected chi connectivity index (χ0v) is 17.3. The third-order valence-corrected chi connectivity index (χ3v) is 8.11. The highest BCUT2D eigenvalue weighted by Gasteiger charge is 2.39. The highest BCUT2D eigenvalue weighted by Crippen LogP contribution is 2.49. The zero-order chi connectivity index (χ0) is 18.8. The Morgan fingerprint density at radius 3 is 2.19 bits per heavy atom. The van der Waals surface area contributed by atoms with Crippen LogP contribution in [0.4, 0.5) is 4.39 Å². The zero-order valence-electron chi connectivity index (χ0n) is 17.3. The molecule has 2 heteroatoms. The van der Waals surface area contributed by atoms with E-state index in [-0.39, 0.29) is 5.82 Å². The third-order valence-electron chi connectivity index (χ3n) is 8.11. The van der Waals surface area contributed by atoms with Gasteiger partial charge in [0, 0.05) is 6.61 Å². The summed E-state index contributed by atoms with van der Waals surface area (Å²) in [4.78, 5) is 0. The van der Waals surface area contributed by atoms with E-state index in [4.69, 9.17) is 4.74 Å². The Bertz CT molecular complexity index is 619. The first-order chi connectivity index (χ1) is 13.1. The summed E-state index contributed by atoms with van der Waals surface area (Å²) in [7, 11) is 0. The van der Waals surface area contributed by atoms with E-state index < -0.39 is 0 Å². The van der Waals surface area contributed by atoms with Crippen LogP contribution in [0, 0.1) is 36.4 Å². The van der Waals surface area contributed by atoms with E-state index >= 15 is 0 Å². The van der Waals surface area contributed by atoms with Crippen LogP contribution in [-0.2, 0) is 4.74 Å². The van der Waals surface area contributed by atoms with E-state index in [1.165, 1.54) is 69.8 Å². The molecule has 4 rings (SSSR count). The summed E-state index contributed by atoms with van der Waals surface area (Å²) in [5, 5.41) is 0. The number of halogens is 1. The molecule has 1 aromatic carbocycles. The Balaban J connectivity index is 1.28. The molecule has 3 aliphatic rings. The topological polar surface area (TPSA) is 9.23 Å².